The summed E-state index contributed by atoms with van der Waals surface area (Å²) in [5.41, 5.74) is 3.89. The van der Waals surface area contributed by atoms with Crippen LogP contribution in [0.15, 0.2) is 113 Å². The SMILES string of the molecule is CCC(CC)C(=O)/C=C(\O)C(CC)CC.CCC(CC)C(=O)/C=C(\O)C(CC)CC.Fc1ccc2cnc(-c3[c-]ccc4c3oc3c(-c5cc6cc(F)ccc6cn5)[c-]ccc34)cc2c1.[Pt].[Pt]. The van der Waals surface area contributed by atoms with Crippen molar-refractivity contribution in [3.8, 4) is 22.5 Å². The molecule has 3 aromatic heterocycles. The van der Waals surface area contributed by atoms with Crippen molar-refractivity contribution >= 4 is 55.0 Å². The van der Waals surface area contributed by atoms with E-state index in [4.69, 9.17) is 4.42 Å². The number of furan rings is 1. The third-order valence-electron chi connectivity index (χ3n) is 12.4. The largest absolute Gasteiger partial charge is 0.545 e. The van der Waals surface area contributed by atoms with E-state index in [-0.39, 0.29) is 101 Å². The topological polar surface area (TPSA) is 114 Å². The molecule has 4 aromatic carbocycles. The minimum absolute atomic E-state index is 0. The zero-order valence-electron chi connectivity index (χ0n) is 39.6. The quantitative estimate of drug-likeness (QED) is 0.0563. The number of aliphatic hydroxyl groups excluding tert-OH is 2. The van der Waals surface area contributed by atoms with Crippen molar-refractivity contribution in [1.82, 2.24) is 9.97 Å². The maximum Gasteiger partial charge on any atom is 0.162 e. The van der Waals surface area contributed by atoms with E-state index in [1.165, 1.54) is 36.4 Å². The van der Waals surface area contributed by atoms with E-state index in [0.29, 0.717) is 33.7 Å². The molecule has 0 aliphatic carbocycles. The third kappa shape index (κ3) is 14.1. The molecule has 0 spiro atoms. The number of hydrogen-bond acceptors (Lipinski definition) is 7. The van der Waals surface area contributed by atoms with E-state index in [9.17, 15) is 28.6 Å². The normalized spacial score (nSPS) is 11.7. The van der Waals surface area contributed by atoms with Crippen LogP contribution in [0.5, 0.6) is 0 Å². The van der Waals surface area contributed by atoms with E-state index >= 15 is 0 Å². The summed E-state index contributed by atoms with van der Waals surface area (Å²) in [5, 5.41) is 24.5. The van der Waals surface area contributed by atoms with Gasteiger partial charge in [0.2, 0.25) is 0 Å². The summed E-state index contributed by atoms with van der Waals surface area (Å²) in [4.78, 5) is 32.6. The Labute approximate surface area is 423 Å². The molecule has 0 saturated heterocycles. The molecular weight excluding hydrogens is 1210 g/mol. The molecule has 0 aliphatic rings. The number of aromatic nitrogens is 2. The van der Waals surface area contributed by atoms with Gasteiger partial charge < -0.3 is 24.6 Å². The van der Waals surface area contributed by atoms with Gasteiger partial charge in [-0.25, -0.2) is 8.78 Å². The van der Waals surface area contributed by atoms with Gasteiger partial charge in [-0.1, -0.05) is 89.4 Å². The van der Waals surface area contributed by atoms with Crippen molar-refractivity contribution in [2.24, 2.45) is 23.7 Å². The van der Waals surface area contributed by atoms with Gasteiger partial charge in [-0.2, -0.15) is 0 Å². The molecule has 0 atom stereocenters. The van der Waals surface area contributed by atoms with E-state index in [1.807, 2.05) is 91.8 Å². The van der Waals surface area contributed by atoms with Crippen LogP contribution in [-0.2, 0) is 51.7 Å². The van der Waals surface area contributed by atoms with Crippen LogP contribution in [-0.4, -0.2) is 31.7 Å². The van der Waals surface area contributed by atoms with Crippen molar-refractivity contribution < 1.29 is 75.1 Å². The second-order valence-electron chi connectivity index (χ2n) is 16.4. The van der Waals surface area contributed by atoms with E-state index in [2.05, 4.69) is 22.1 Å². The monoisotopic (exact) mass is 1270 g/mol. The van der Waals surface area contributed by atoms with E-state index in [0.717, 1.165) is 83.7 Å². The molecule has 0 bridgehead atoms. The Morgan fingerprint density at radius 3 is 1.21 bits per heavy atom. The number of carbonyl (C=O) groups excluding carboxylic acids is 2. The van der Waals surface area contributed by atoms with Crippen LogP contribution in [0.4, 0.5) is 8.78 Å². The van der Waals surface area contributed by atoms with Crippen LogP contribution < -0.4 is 0 Å². The van der Waals surface area contributed by atoms with Gasteiger partial charge in [0.15, 0.2) is 11.6 Å². The van der Waals surface area contributed by atoms with E-state index < -0.39 is 0 Å². The molecule has 0 radical (unpaired) electrons. The smallest absolute Gasteiger partial charge is 0.162 e. The second-order valence-corrected chi connectivity index (χ2v) is 16.4. The first kappa shape index (κ1) is 56.5. The van der Waals surface area contributed by atoms with Crippen molar-refractivity contribution in [2.75, 3.05) is 0 Å². The fourth-order valence-corrected chi connectivity index (χ4v) is 8.14. The van der Waals surface area contributed by atoms with E-state index in [1.54, 1.807) is 24.5 Å². The Morgan fingerprint density at radius 2 is 0.881 bits per heavy atom. The number of allylic oxidation sites excluding steroid dienone is 4. The summed E-state index contributed by atoms with van der Waals surface area (Å²) in [6, 6.07) is 26.9. The molecule has 0 unspecified atom stereocenters. The number of aliphatic hydroxyl groups is 2. The number of rotatable bonds is 16. The zero-order chi connectivity index (χ0) is 47.2. The average Bonchev–Trinajstić information content (AvgIpc) is 3.70. The van der Waals surface area contributed by atoms with Crippen molar-refractivity contribution in [2.45, 2.75) is 107 Å². The molecule has 7 nitrogen and oxygen atoms in total. The first-order chi connectivity index (χ1) is 31.3. The summed E-state index contributed by atoms with van der Waals surface area (Å²) >= 11 is 0. The fourth-order valence-electron chi connectivity index (χ4n) is 8.14. The summed E-state index contributed by atoms with van der Waals surface area (Å²) < 4.78 is 34.0. The number of benzene rings is 4. The Kier molecular flexibility index (Phi) is 23.0. The molecule has 0 saturated carbocycles. The molecule has 67 heavy (non-hydrogen) atoms. The number of ketones is 2. The predicted octanol–water partition coefficient (Wildman–Crippen LogP) is 15.6. The number of pyridine rings is 2. The standard InChI is InChI=1S/C30H14F2N2O.2C13H24O2.2Pt/c31-21-9-7-17-15-33-27(13-19(17)11-21)25-5-1-3-23-24-4-2-6-26(30(24)35-29(23)25)28-14-20-12-22(32)10-8-18(20)16-34-28;2*1-5-10(6-2)12(14)9-13(15)11(7-3)8-4;;/h1-4,7-16H;2*9-11,14H,5-8H2,1-4H3;;/q-2;;;;/b;2*12-9-;;. The van der Waals surface area contributed by atoms with Gasteiger partial charge >= 0.3 is 0 Å². The van der Waals surface area contributed by atoms with Crippen molar-refractivity contribution in [3.05, 3.63) is 133 Å². The van der Waals surface area contributed by atoms with Gasteiger partial charge in [-0.15, -0.1) is 36.4 Å². The molecule has 0 fully saturated rings. The first-order valence-electron chi connectivity index (χ1n) is 23.1. The molecule has 2 N–H and O–H groups in total. The molecule has 0 aliphatic heterocycles. The number of hydrogen-bond donors (Lipinski definition) is 2. The number of carbonyl (C=O) groups is 2. The zero-order valence-corrected chi connectivity index (χ0v) is 44.2. The molecule has 362 valence electrons. The van der Waals surface area contributed by atoms with Crippen LogP contribution in [0.3, 0.4) is 0 Å². The maximum absolute atomic E-state index is 13.8. The van der Waals surface area contributed by atoms with Gasteiger partial charge in [-0.05, 0) is 121 Å². The minimum atomic E-state index is -0.302. The number of nitrogens with zero attached hydrogens (tertiary/aromatic N) is 2. The summed E-state index contributed by atoms with van der Waals surface area (Å²) in [7, 11) is 0. The van der Waals surface area contributed by atoms with Gasteiger partial charge in [0.25, 0.3) is 0 Å². The van der Waals surface area contributed by atoms with Crippen LogP contribution in [0.1, 0.15) is 107 Å². The first-order valence-corrected chi connectivity index (χ1v) is 23.1. The second kappa shape index (κ2) is 27.2. The van der Waals surface area contributed by atoms with Gasteiger partial charge in [-0.3, -0.25) is 9.59 Å². The summed E-state index contributed by atoms with van der Waals surface area (Å²) in [6.45, 7) is 16.1. The van der Waals surface area contributed by atoms with Gasteiger partial charge in [0, 0.05) is 102 Å². The Balaban J connectivity index is 0.000000314. The molecule has 3 heterocycles. The molecule has 7 aromatic rings. The summed E-state index contributed by atoms with van der Waals surface area (Å²) in [5.74, 6) is 0.490. The van der Waals surface area contributed by atoms with Crippen molar-refractivity contribution in [3.63, 3.8) is 0 Å². The Bertz CT molecular complexity index is 2600. The van der Waals surface area contributed by atoms with Gasteiger partial charge in [0.05, 0.1) is 11.5 Å². The minimum Gasteiger partial charge on any atom is -0.545 e. The van der Waals surface area contributed by atoms with Crippen LogP contribution >= 0.6 is 0 Å². The molecule has 0 amide bonds. The van der Waals surface area contributed by atoms with Crippen molar-refractivity contribution in [1.29, 1.82) is 0 Å². The molecule has 11 heteroatoms. The average molecular weight is 1270 g/mol. The molecular formula is C56H62F2N2O5Pt2-2. The van der Waals surface area contributed by atoms with Gasteiger partial charge in [0.1, 0.15) is 11.6 Å². The van der Waals surface area contributed by atoms with Crippen LogP contribution in [0, 0.1) is 47.4 Å². The third-order valence-corrected chi connectivity index (χ3v) is 12.4. The predicted molar refractivity (Wildman–Crippen MR) is 261 cm³/mol. The Morgan fingerprint density at radius 1 is 0.537 bits per heavy atom. The van der Waals surface area contributed by atoms with Crippen LogP contribution in [0.2, 0.25) is 0 Å². The Hall–Kier alpha value is -4.84. The summed E-state index contributed by atoms with van der Waals surface area (Å²) in [6.07, 6.45) is 13.3. The fraction of sp³-hybridized carbons (Fsp3) is 0.357. The van der Waals surface area contributed by atoms with Crippen LogP contribution in [0.25, 0.3) is 66.0 Å². The maximum atomic E-state index is 13.8. The number of halogens is 2. The molecule has 7 rings (SSSR count). The number of fused-ring (bicyclic) bond motifs is 5.